The summed E-state index contributed by atoms with van der Waals surface area (Å²) in [6, 6.07) is 14.9. The van der Waals surface area contributed by atoms with Crippen molar-refractivity contribution in [2.45, 2.75) is 32.9 Å². The van der Waals surface area contributed by atoms with Crippen molar-refractivity contribution in [2.24, 2.45) is 0 Å². The molecule has 0 aliphatic carbocycles. The average Bonchev–Trinajstić information content (AvgIpc) is 3.15. The zero-order valence-electron chi connectivity index (χ0n) is 17.1. The van der Waals surface area contributed by atoms with Crippen LogP contribution in [0.25, 0.3) is 11.2 Å². The van der Waals surface area contributed by atoms with Gasteiger partial charge in [0.25, 0.3) is 5.56 Å². The van der Waals surface area contributed by atoms with Crippen LogP contribution in [0.4, 0.5) is 5.69 Å². The molecule has 0 fully saturated rings. The minimum atomic E-state index is -0.419. The van der Waals surface area contributed by atoms with E-state index in [2.05, 4.69) is 34.5 Å². The van der Waals surface area contributed by atoms with Gasteiger partial charge in [-0.15, -0.1) is 5.10 Å². The van der Waals surface area contributed by atoms with Gasteiger partial charge in [0.1, 0.15) is 12.9 Å². The Kier molecular flexibility index (Phi) is 5.81. The Labute approximate surface area is 183 Å². The summed E-state index contributed by atoms with van der Waals surface area (Å²) >= 11 is 5.91. The van der Waals surface area contributed by atoms with E-state index in [-0.39, 0.29) is 18.0 Å². The van der Waals surface area contributed by atoms with Gasteiger partial charge in [-0.25, -0.2) is 9.67 Å². The van der Waals surface area contributed by atoms with E-state index < -0.39 is 5.56 Å². The highest BCUT2D eigenvalue weighted by Crippen LogP contribution is 2.17. The molecule has 9 heteroatoms. The molecule has 0 radical (unpaired) electrons. The van der Waals surface area contributed by atoms with Crippen molar-refractivity contribution in [1.29, 1.82) is 0 Å². The maximum Gasteiger partial charge on any atom is 0.283 e. The Bertz CT molecular complexity index is 1280. The van der Waals surface area contributed by atoms with E-state index in [1.807, 2.05) is 36.4 Å². The first-order valence-corrected chi connectivity index (χ1v) is 10.2. The van der Waals surface area contributed by atoms with Gasteiger partial charge in [-0.3, -0.25) is 14.2 Å². The molecule has 2 aromatic carbocycles. The van der Waals surface area contributed by atoms with Gasteiger partial charge in [-0.1, -0.05) is 54.9 Å². The van der Waals surface area contributed by atoms with E-state index in [1.165, 1.54) is 16.5 Å². The number of aromatic nitrogens is 5. The van der Waals surface area contributed by atoms with Gasteiger partial charge in [-0.2, -0.15) is 0 Å². The second-order valence-electron chi connectivity index (χ2n) is 7.55. The van der Waals surface area contributed by atoms with E-state index in [0.717, 1.165) is 5.56 Å². The van der Waals surface area contributed by atoms with E-state index in [1.54, 1.807) is 16.8 Å². The zero-order chi connectivity index (χ0) is 22.0. The molecule has 4 aromatic rings. The molecule has 2 aromatic heterocycles. The molecule has 0 saturated heterocycles. The van der Waals surface area contributed by atoms with Crippen molar-refractivity contribution in [1.82, 2.24) is 24.5 Å². The molecule has 2 heterocycles. The molecule has 4 rings (SSSR count). The molecule has 8 nitrogen and oxygen atoms in total. The van der Waals surface area contributed by atoms with Crippen LogP contribution in [0.1, 0.15) is 30.9 Å². The Morgan fingerprint density at radius 2 is 1.81 bits per heavy atom. The number of carbonyl (C=O) groups excluding carboxylic acids is 1. The van der Waals surface area contributed by atoms with Crippen molar-refractivity contribution < 1.29 is 4.79 Å². The monoisotopic (exact) mass is 436 g/mol. The summed E-state index contributed by atoms with van der Waals surface area (Å²) in [5.41, 5.74) is 2.87. The highest BCUT2D eigenvalue weighted by Gasteiger charge is 2.14. The molecular formula is C22H21ClN6O2. The van der Waals surface area contributed by atoms with Crippen LogP contribution in [-0.4, -0.2) is 30.5 Å². The quantitative estimate of drug-likeness (QED) is 0.499. The molecule has 0 bridgehead atoms. The number of benzene rings is 2. The molecule has 0 saturated carbocycles. The second-order valence-corrected chi connectivity index (χ2v) is 7.98. The third kappa shape index (κ3) is 4.64. The van der Waals surface area contributed by atoms with Crippen molar-refractivity contribution in [2.75, 3.05) is 5.32 Å². The maximum absolute atomic E-state index is 12.8. The fourth-order valence-corrected chi connectivity index (χ4v) is 3.30. The van der Waals surface area contributed by atoms with Gasteiger partial charge in [0.05, 0.1) is 6.54 Å². The van der Waals surface area contributed by atoms with Gasteiger partial charge in [0.2, 0.25) is 5.91 Å². The van der Waals surface area contributed by atoms with Gasteiger partial charge in [0, 0.05) is 10.7 Å². The Hall–Kier alpha value is -3.52. The summed E-state index contributed by atoms with van der Waals surface area (Å²) in [7, 11) is 0. The molecular weight excluding hydrogens is 416 g/mol. The predicted molar refractivity (Wildman–Crippen MR) is 119 cm³/mol. The average molecular weight is 437 g/mol. The van der Waals surface area contributed by atoms with Gasteiger partial charge < -0.3 is 5.32 Å². The Morgan fingerprint density at radius 1 is 1.10 bits per heavy atom. The van der Waals surface area contributed by atoms with Crippen LogP contribution in [0, 0.1) is 0 Å². The van der Waals surface area contributed by atoms with Crippen LogP contribution in [0.3, 0.4) is 0 Å². The zero-order valence-corrected chi connectivity index (χ0v) is 17.9. The lowest BCUT2D eigenvalue weighted by atomic mass is 10.0. The normalized spacial score (nSPS) is 11.2. The summed E-state index contributed by atoms with van der Waals surface area (Å²) in [5.74, 6) is 0.0864. The summed E-state index contributed by atoms with van der Waals surface area (Å²) in [4.78, 5) is 29.5. The third-order valence-corrected chi connectivity index (χ3v) is 5.16. The lowest BCUT2D eigenvalue weighted by Gasteiger charge is -2.09. The van der Waals surface area contributed by atoms with Crippen LogP contribution in [0.2, 0.25) is 5.02 Å². The minimum Gasteiger partial charge on any atom is -0.325 e. The number of fused-ring (bicyclic) bond motifs is 1. The number of anilines is 1. The van der Waals surface area contributed by atoms with E-state index in [0.29, 0.717) is 28.8 Å². The lowest BCUT2D eigenvalue weighted by molar-refractivity contribution is -0.116. The highest BCUT2D eigenvalue weighted by atomic mass is 35.5. The first-order chi connectivity index (χ1) is 14.9. The molecule has 31 heavy (non-hydrogen) atoms. The standard InChI is InChI=1S/C22H21ClN6O2/c1-14(2)16-5-9-18(10-6-16)25-19(30)12-28-13-24-21-20(22(28)31)26-27-29(21)11-15-3-7-17(23)8-4-15/h3-10,13-14H,11-12H2,1-2H3,(H,25,30). The van der Waals surface area contributed by atoms with Gasteiger partial charge in [0.15, 0.2) is 11.2 Å². The Balaban J connectivity index is 1.49. The first-order valence-electron chi connectivity index (χ1n) is 9.83. The minimum absolute atomic E-state index is 0.116. The smallest absolute Gasteiger partial charge is 0.283 e. The van der Waals surface area contributed by atoms with Crippen molar-refractivity contribution in [3.8, 4) is 0 Å². The SMILES string of the molecule is CC(C)c1ccc(NC(=O)Cn2cnc3c(nnn3Cc3ccc(Cl)cc3)c2=O)cc1. The summed E-state index contributed by atoms with van der Waals surface area (Å²) in [6.07, 6.45) is 1.34. The molecule has 1 N–H and O–H groups in total. The highest BCUT2D eigenvalue weighted by molar-refractivity contribution is 6.30. The maximum atomic E-state index is 12.8. The van der Waals surface area contributed by atoms with Crippen LogP contribution < -0.4 is 10.9 Å². The molecule has 158 valence electrons. The number of hydrogen-bond acceptors (Lipinski definition) is 5. The fraction of sp³-hybridized carbons (Fsp3) is 0.227. The molecule has 0 aliphatic heterocycles. The molecule has 0 unspecified atom stereocenters. The number of amides is 1. The number of rotatable bonds is 6. The Morgan fingerprint density at radius 3 is 2.48 bits per heavy atom. The van der Waals surface area contributed by atoms with Crippen molar-refractivity contribution in [3.05, 3.63) is 81.4 Å². The van der Waals surface area contributed by atoms with E-state index in [4.69, 9.17) is 11.6 Å². The number of nitrogens with zero attached hydrogens (tertiary/aromatic N) is 5. The summed E-state index contributed by atoms with van der Waals surface area (Å²) in [6.45, 7) is 4.44. The largest absolute Gasteiger partial charge is 0.325 e. The topological polar surface area (TPSA) is 94.7 Å². The number of carbonyl (C=O) groups is 1. The molecule has 1 amide bonds. The summed E-state index contributed by atoms with van der Waals surface area (Å²) in [5, 5.41) is 11.4. The van der Waals surface area contributed by atoms with Gasteiger partial charge in [-0.05, 0) is 41.3 Å². The van der Waals surface area contributed by atoms with Crippen LogP contribution >= 0.6 is 11.6 Å². The summed E-state index contributed by atoms with van der Waals surface area (Å²) < 4.78 is 2.77. The molecule has 0 spiro atoms. The molecule has 0 aliphatic rings. The van der Waals surface area contributed by atoms with Crippen molar-refractivity contribution >= 4 is 34.4 Å². The van der Waals surface area contributed by atoms with Crippen LogP contribution in [0.15, 0.2) is 59.7 Å². The van der Waals surface area contributed by atoms with Crippen LogP contribution in [-0.2, 0) is 17.9 Å². The fourth-order valence-electron chi connectivity index (χ4n) is 3.18. The van der Waals surface area contributed by atoms with E-state index >= 15 is 0 Å². The van der Waals surface area contributed by atoms with Crippen LogP contribution in [0.5, 0.6) is 0 Å². The third-order valence-electron chi connectivity index (χ3n) is 4.91. The first kappa shape index (κ1) is 20.7. The van der Waals surface area contributed by atoms with Crippen molar-refractivity contribution in [3.63, 3.8) is 0 Å². The second kappa shape index (κ2) is 8.69. The number of halogens is 1. The van der Waals surface area contributed by atoms with E-state index in [9.17, 15) is 9.59 Å². The lowest BCUT2D eigenvalue weighted by Crippen LogP contribution is -2.28. The number of nitrogens with one attached hydrogen (secondary N) is 1. The van der Waals surface area contributed by atoms with Gasteiger partial charge >= 0.3 is 0 Å². The predicted octanol–water partition coefficient (Wildman–Crippen LogP) is 3.45. The molecule has 0 atom stereocenters. The number of hydrogen-bond donors (Lipinski definition) is 1.